The molecule has 0 amide bonds. The Morgan fingerprint density at radius 2 is 0.875 bits per heavy atom. The summed E-state index contributed by atoms with van der Waals surface area (Å²) >= 11 is 0. The molecule has 1 fully saturated rings. The first-order chi connectivity index (χ1) is 43.1. The number of aromatic nitrogens is 2. The molecule has 0 radical (unpaired) electrons. The number of hydrogen-bond donors (Lipinski definition) is 0. The fourth-order valence-corrected chi connectivity index (χ4v) is 16.8. The first-order valence-electron chi connectivity index (χ1n) is 31.6. The molecule has 3 heterocycles. The molecule has 0 spiro atoms. The molecule has 4 nitrogen and oxygen atoms in total. The largest absolute Gasteiger partial charge is 0.455 e. The summed E-state index contributed by atoms with van der Waals surface area (Å²) < 4.78 is 11.4. The highest BCUT2D eigenvalue weighted by molar-refractivity contribution is 6.12. The summed E-state index contributed by atoms with van der Waals surface area (Å²) in [6.45, 7) is 9.97. The van der Waals surface area contributed by atoms with Crippen molar-refractivity contribution >= 4 is 76.9 Å². The minimum absolute atomic E-state index is 0.0360. The maximum absolute atomic E-state index is 6.60. The van der Waals surface area contributed by atoms with E-state index >= 15 is 0 Å². The molecule has 3 aromatic heterocycles. The Bertz CT molecular complexity index is 5330. The topological polar surface area (TPSA) is 26.2 Å². The number of para-hydroxylation sites is 6. The van der Waals surface area contributed by atoms with E-state index in [1.54, 1.807) is 5.56 Å². The molecular weight excluding hydrogens is 1070 g/mol. The Morgan fingerprint density at radius 1 is 0.375 bits per heavy atom. The van der Waals surface area contributed by atoms with Gasteiger partial charge in [0.15, 0.2) is 0 Å². The lowest BCUT2D eigenvalue weighted by atomic mass is 9.68. The molecule has 0 aliphatic heterocycles. The molecule has 3 atom stereocenters. The number of fused-ring (bicyclic) bond motifs is 15. The SMILES string of the molecule is CC1(C)c2cc(-c3ccc4c(c3)c3ccccc3n4-c3ccccc3)ccc2-c2ccc(N(c3ccc(-c4cccc5c4oc4ccccc45)cc3)C3CCC4c5ccc(-c6ccc7c(c6)c6ccccc6n7-c6ccccc6)cc5C(C)(C)C4C3)cc21. The van der Waals surface area contributed by atoms with E-state index in [0.29, 0.717) is 11.8 Å². The van der Waals surface area contributed by atoms with Crippen LogP contribution in [0.4, 0.5) is 11.4 Å². The Hall–Kier alpha value is -10.2. The van der Waals surface area contributed by atoms with Crippen molar-refractivity contribution in [3.63, 3.8) is 0 Å². The highest BCUT2D eigenvalue weighted by Gasteiger charge is 2.50. The van der Waals surface area contributed by atoms with Crippen LogP contribution in [0.5, 0.6) is 0 Å². The number of furan rings is 1. The average molecular weight is 1130 g/mol. The fraction of sp³-hybridized carbons (Fsp3) is 0.143. The van der Waals surface area contributed by atoms with Gasteiger partial charge in [0, 0.05) is 72.1 Å². The first kappa shape index (κ1) is 51.1. The van der Waals surface area contributed by atoms with Gasteiger partial charge in [-0.25, -0.2) is 0 Å². The van der Waals surface area contributed by atoms with E-state index in [4.69, 9.17) is 4.42 Å². The van der Waals surface area contributed by atoms with Crippen molar-refractivity contribution in [2.75, 3.05) is 4.90 Å². The minimum atomic E-state index is -0.237. The van der Waals surface area contributed by atoms with Crippen molar-refractivity contribution in [1.82, 2.24) is 9.13 Å². The van der Waals surface area contributed by atoms with Gasteiger partial charge >= 0.3 is 0 Å². The summed E-state index contributed by atoms with van der Waals surface area (Å²) in [6.07, 6.45) is 3.33. The third-order valence-corrected chi connectivity index (χ3v) is 21.1. The third kappa shape index (κ3) is 7.57. The number of nitrogens with zero attached hydrogens (tertiary/aromatic N) is 3. The predicted octanol–water partition coefficient (Wildman–Crippen LogP) is 22.5. The van der Waals surface area contributed by atoms with E-state index < -0.39 is 0 Å². The Balaban J connectivity index is 0.705. The second kappa shape index (κ2) is 19.2. The summed E-state index contributed by atoms with van der Waals surface area (Å²) in [7, 11) is 0. The molecule has 0 N–H and O–H groups in total. The van der Waals surface area contributed by atoms with Gasteiger partial charge < -0.3 is 18.5 Å². The van der Waals surface area contributed by atoms with Crippen LogP contribution in [0.25, 0.3) is 121 Å². The van der Waals surface area contributed by atoms with Gasteiger partial charge in [-0.15, -0.1) is 0 Å². The highest BCUT2D eigenvalue weighted by Crippen LogP contribution is 2.59. The number of benzene rings is 12. The van der Waals surface area contributed by atoms with Gasteiger partial charge in [0.2, 0.25) is 0 Å². The number of hydrogen-bond acceptors (Lipinski definition) is 2. The monoisotopic (exact) mass is 1130 g/mol. The van der Waals surface area contributed by atoms with E-state index in [-0.39, 0.29) is 16.9 Å². The molecule has 422 valence electrons. The smallest absolute Gasteiger partial charge is 0.143 e. The van der Waals surface area contributed by atoms with Gasteiger partial charge in [-0.05, 0) is 195 Å². The quantitative estimate of drug-likeness (QED) is 0.152. The van der Waals surface area contributed by atoms with Crippen LogP contribution in [-0.2, 0) is 10.8 Å². The van der Waals surface area contributed by atoms with Gasteiger partial charge in [0.1, 0.15) is 11.2 Å². The van der Waals surface area contributed by atoms with Crippen LogP contribution in [-0.4, -0.2) is 15.2 Å². The molecule has 15 aromatic rings. The summed E-state index contributed by atoms with van der Waals surface area (Å²) in [6, 6.07) is 100. The standard InChI is InChI=1S/C84H65N3O/c1-83(2)73-48-55(53-34-44-79-71(46-53)67-22-11-14-27-77(67)86(79)57-18-7-5-8-19-57)32-40-63(73)65-42-38-60(50-75(65)83)85(59-36-30-52(31-37-59)62-25-17-26-70-69-24-13-16-29-81(69)88-82(62)70)61-39-43-66-64-41-33-56(49-74(64)84(3,4)76(66)51-61)54-35-45-80-72(47-54)68-23-12-15-28-78(68)87(80)58-20-9-6-10-21-58/h5-38,40-42,44-50,61,66,76H,39,43,51H2,1-4H3. The Morgan fingerprint density at radius 3 is 1.53 bits per heavy atom. The molecule has 88 heavy (non-hydrogen) atoms. The van der Waals surface area contributed by atoms with E-state index in [9.17, 15) is 0 Å². The van der Waals surface area contributed by atoms with Gasteiger partial charge in [-0.1, -0.05) is 198 Å². The van der Waals surface area contributed by atoms with Crippen molar-refractivity contribution < 1.29 is 4.42 Å². The number of rotatable bonds is 8. The molecule has 3 aliphatic rings. The molecule has 3 unspecified atom stereocenters. The normalized spacial score (nSPS) is 17.2. The molecule has 18 rings (SSSR count). The van der Waals surface area contributed by atoms with Crippen molar-refractivity contribution in [2.24, 2.45) is 5.92 Å². The van der Waals surface area contributed by atoms with Crippen LogP contribution in [0.15, 0.2) is 271 Å². The second-order valence-electron chi connectivity index (χ2n) is 26.4. The van der Waals surface area contributed by atoms with E-state index in [2.05, 4.69) is 309 Å². The third-order valence-electron chi connectivity index (χ3n) is 21.1. The van der Waals surface area contributed by atoms with E-state index in [0.717, 1.165) is 52.3 Å². The second-order valence-corrected chi connectivity index (χ2v) is 26.4. The highest BCUT2D eigenvalue weighted by atomic mass is 16.3. The van der Waals surface area contributed by atoms with Crippen molar-refractivity contribution in [3.05, 3.63) is 289 Å². The summed E-state index contributed by atoms with van der Waals surface area (Å²) in [5.74, 6) is 0.971. The predicted molar refractivity (Wildman–Crippen MR) is 368 cm³/mol. The lowest BCUT2D eigenvalue weighted by molar-refractivity contribution is 0.213. The molecule has 3 aliphatic carbocycles. The van der Waals surface area contributed by atoms with Crippen LogP contribution < -0.4 is 4.90 Å². The molecule has 12 aromatic carbocycles. The van der Waals surface area contributed by atoms with Crippen LogP contribution in [0, 0.1) is 5.92 Å². The molecule has 0 saturated heterocycles. The van der Waals surface area contributed by atoms with E-state index in [1.807, 2.05) is 0 Å². The minimum Gasteiger partial charge on any atom is -0.455 e. The maximum atomic E-state index is 6.60. The zero-order valence-electron chi connectivity index (χ0n) is 50.0. The van der Waals surface area contributed by atoms with Gasteiger partial charge in [0.05, 0.1) is 22.1 Å². The van der Waals surface area contributed by atoms with Gasteiger partial charge in [0.25, 0.3) is 0 Å². The van der Waals surface area contributed by atoms with Crippen LogP contribution >= 0.6 is 0 Å². The summed E-state index contributed by atoms with van der Waals surface area (Å²) in [4.78, 5) is 2.74. The van der Waals surface area contributed by atoms with Crippen molar-refractivity contribution in [1.29, 1.82) is 0 Å². The van der Waals surface area contributed by atoms with Crippen LogP contribution in [0.3, 0.4) is 0 Å². The zero-order chi connectivity index (χ0) is 58.6. The average Bonchev–Trinajstić information content (AvgIpc) is 1.69. The van der Waals surface area contributed by atoms with E-state index in [1.165, 1.54) is 116 Å². The molecular formula is C84H65N3O. The van der Waals surface area contributed by atoms with Crippen LogP contribution in [0.2, 0.25) is 0 Å². The first-order valence-corrected chi connectivity index (χ1v) is 31.6. The van der Waals surface area contributed by atoms with Crippen LogP contribution in [0.1, 0.15) is 75.1 Å². The Labute approximate surface area is 513 Å². The zero-order valence-corrected chi connectivity index (χ0v) is 50.0. The molecule has 1 saturated carbocycles. The fourth-order valence-electron chi connectivity index (χ4n) is 16.8. The lowest BCUT2D eigenvalue weighted by Crippen LogP contribution is -2.41. The van der Waals surface area contributed by atoms with Crippen molar-refractivity contribution in [2.45, 2.75) is 69.7 Å². The summed E-state index contributed by atoms with van der Waals surface area (Å²) in [5.41, 5.74) is 27.1. The van der Waals surface area contributed by atoms with Crippen molar-refractivity contribution in [3.8, 4) is 55.9 Å². The lowest BCUT2D eigenvalue weighted by Gasteiger charge is -2.44. The van der Waals surface area contributed by atoms with Gasteiger partial charge in [-0.3, -0.25) is 0 Å². The number of anilines is 2. The molecule has 0 bridgehead atoms. The summed E-state index contributed by atoms with van der Waals surface area (Å²) in [5, 5.41) is 7.41. The maximum Gasteiger partial charge on any atom is 0.143 e. The van der Waals surface area contributed by atoms with Gasteiger partial charge in [-0.2, -0.15) is 0 Å². The molecule has 4 heteroatoms. The Kier molecular flexibility index (Phi) is 11.1.